The number of thiophene rings is 1. The van der Waals surface area contributed by atoms with Crippen molar-refractivity contribution < 1.29 is 0 Å². The lowest BCUT2D eigenvalue weighted by Crippen LogP contribution is -2.09. The lowest BCUT2D eigenvalue weighted by molar-refractivity contribution is 1.29. The molecule has 0 fully saturated rings. The summed E-state index contributed by atoms with van der Waals surface area (Å²) in [6.45, 7) is 0. The molecule has 0 aliphatic carbocycles. The number of anilines is 3. The van der Waals surface area contributed by atoms with Gasteiger partial charge in [-0.2, -0.15) is 0 Å². The van der Waals surface area contributed by atoms with Gasteiger partial charge in [0.1, 0.15) is 0 Å². The fourth-order valence-electron chi connectivity index (χ4n) is 6.75. The average Bonchev–Trinajstić information content (AvgIpc) is 3.48. The Balaban J connectivity index is 1.18. The maximum absolute atomic E-state index is 2.36. The van der Waals surface area contributed by atoms with Gasteiger partial charge in [-0.1, -0.05) is 115 Å². The summed E-state index contributed by atoms with van der Waals surface area (Å²) in [7, 11) is 0. The predicted molar refractivity (Wildman–Crippen MR) is 192 cm³/mol. The van der Waals surface area contributed by atoms with E-state index in [1.54, 1.807) is 0 Å². The normalized spacial score (nSPS) is 11.6. The first-order valence-electron chi connectivity index (χ1n) is 15.0. The molecule has 0 amide bonds. The maximum atomic E-state index is 2.36. The molecular formula is C42H27NS. The topological polar surface area (TPSA) is 3.24 Å². The van der Waals surface area contributed by atoms with E-state index in [4.69, 9.17) is 0 Å². The van der Waals surface area contributed by atoms with Crippen LogP contribution in [0.4, 0.5) is 17.1 Å². The van der Waals surface area contributed by atoms with Crippen LogP contribution in [0.5, 0.6) is 0 Å². The molecule has 0 unspecified atom stereocenters. The second kappa shape index (κ2) is 10.1. The van der Waals surface area contributed by atoms with E-state index in [-0.39, 0.29) is 0 Å². The summed E-state index contributed by atoms with van der Waals surface area (Å²) in [5.74, 6) is 0. The first kappa shape index (κ1) is 25.1. The Labute approximate surface area is 259 Å². The molecular weight excluding hydrogens is 551 g/mol. The Kier molecular flexibility index (Phi) is 5.75. The first-order chi connectivity index (χ1) is 21.8. The van der Waals surface area contributed by atoms with E-state index >= 15 is 0 Å². The summed E-state index contributed by atoms with van der Waals surface area (Å²) in [6.07, 6.45) is 0. The highest BCUT2D eigenvalue weighted by molar-refractivity contribution is 7.26. The molecule has 8 aromatic carbocycles. The van der Waals surface area contributed by atoms with Gasteiger partial charge in [0.15, 0.2) is 0 Å². The molecule has 0 spiro atoms. The van der Waals surface area contributed by atoms with Gasteiger partial charge in [-0.3, -0.25) is 0 Å². The van der Waals surface area contributed by atoms with Crippen molar-refractivity contribution in [2.24, 2.45) is 0 Å². The predicted octanol–water partition coefficient (Wildman–Crippen LogP) is 12.7. The van der Waals surface area contributed by atoms with Crippen LogP contribution in [-0.2, 0) is 0 Å². The summed E-state index contributed by atoms with van der Waals surface area (Å²) in [5.41, 5.74) is 5.89. The standard InChI is InChI=1S/C42H27NS/c1-2-11-31(12-3-1)43(33-23-25-35-30(26-33)20-24-39-38-16-8-9-17-41(38)44-42(35)39)32-21-18-28(19-22-32)40-27-29-10-4-5-13-34(29)36-14-6-7-15-37(36)40/h1-27H. The quantitative estimate of drug-likeness (QED) is 0.188. The van der Waals surface area contributed by atoms with Crippen LogP contribution in [-0.4, -0.2) is 0 Å². The van der Waals surface area contributed by atoms with E-state index < -0.39 is 0 Å². The van der Waals surface area contributed by atoms with Crippen molar-refractivity contribution in [2.75, 3.05) is 4.90 Å². The summed E-state index contributed by atoms with van der Waals surface area (Å²) >= 11 is 1.89. The molecule has 1 heterocycles. The molecule has 0 N–H and O–H groups in total. The Morgan fingerprint density at radius 2 is 0.977 bits per heavy atom. The molecule has 1 aromatic heterocycles. The first-order valence-corrected chi connectivity index (χ1v) is 15.8. The van der Waals surface area contributed by atoms with E-state index in [1.165, 1.54) is 63.6 Å². The van der Waals surface area contributed by atoms with E-state index in [1.807, 2.05) is 11.3 Å². The zero-order valence-corrected chi connectivity index (χ0v) is 24.8. The summed E-state index contributed by atoms with van der Waals surface area (Å²) in [4.78, 5) is 2.36. The van der Waals surface area contributed by atoms with Crippen molar-refractivity contribution in [3.63, 3.8) is 0 Å². The van der Waals surface area contributed by atoms with Crippen LogP contribution in [0.15, 0.2) is 164 Å². The van der Waals surface area contributed by atoms with Crippen LogP contribution >= 0.6 is 11.3 Å². The van der Waals surface area contributed by atoms with Gasteiger partial charge >= 0.3 is 0 Å². The molecule has 0 aliphatic rings. The largest absolute Gasteiger partial charge is 0.310 e. The van der Waals surface area contributed by atoms with Crippen molar-refractivity contribution in [2.45, 2.75) is 0 Å². The van der Waals surface area contributed by atoms with Crippen LogP contribution in [0.25, 0.3) is 63.6 Å². The molecule has 0 saturated heterocycles. The SMILES string of the molecule is c1ccc(N(c2ccc(-c3cc4ccccc4c4ccccc34)cc2)c2ccc3c(ccc4c5ccccc5sc34)c2)cc1. The van der Waals surface area contributed by atoms with Crippen LogP contribution in [0, 0.1) is 0 Å². The van der Waals surface area contributed by atoms with Crippen LogP contribution < -0.4 is 4.90 Å². The highest BCUT2D eigenvalue weighted by Gasteiger charge is 2.16. The third-order valence-corrected chi connectivity index (χ3v) is 10.0. The van der Waals surface area contributed by atoms with Crippen molar-refractivity contribution >= 4 is 80.9 Å². The average molecular weight is 578 g/mol. The maximum Gasteiger partial charge on any atom is 0.0468 e. The minimum absolute atomic E-state index is 1.13. The second-order valence-electron chi connectivity index (χ2n) is 11.4. The number of fused-ring (bicyclic) bond motifs is 8. The zero-order chi connectivity index (χ0) is 29.0. The smallest absolute Gasteiger partial charge is 0.0468 e. The molecule has 9 rings (SSSR count). The summed E-state index contributed by atoms with van der Waals surface area (Å²) < 4.78 is 2.69. The van der Waals surface area contributed by atoms with Crippen molar-refractivity contribution in [3.8, 4) is 11.1 Å². The number of nitrogens with zero attached hydrogens (tertiary/aromatic N) is 1. The molecule has 44 heavy (non-hydrogen) atoms. The van der Waals surface area contributed by atoms with Gasteiger partial charge in [0.05, 0.1) is 0 Å². The minimum atomic E-state index is 1.13. The Morgan fingerprint density at radius 1 is 0.364 bits per heavy atom. The van der Waals surface area contributed by atoms with Crippen molar-refractivity contribution in [1.29, 1.82) is 0 Å². The molecule has 1 nitrogen and oxygen atoms in total. The van der Waals surface area contributed by atoms with Gasteiger partial charge in [-0.15, -0.1) is 11.3 Å². The van der Waals surface area contributed by atoms with Gasteiger partial charge in [0.25, 0.3) is 0 Å². The highest BCUT2D eigenvalue weighted by atomic mass is 32.1. The molecule has 0 aliphatic heterocycles. The van der Waals surface area contributed by atoms with E-state index in [0.29, 0.717) is 0 Å². The van der Waals surface area contributed by atoms with Crippen LogP contribution in [0.3, 0.4) is 0 Å². The second-order valence-corrected chi connectivity index (χ2v) is 12.4. The van der Waals surface area contributed by atoms with E-state index in [2.05, 4.69) is 169 Å². The molecule has 2 heteroatoms. The van der Waals surface area contributed by atoms with Crippen LogP contribution in [0.2, 0.25) is 0 Å². The fraction of sp³-hybridized carbons (Fsp3) is 0. The van der Waals surface area contributed by atoms with Crippen molar-refractivity contribution in [3.05, 3.63) is 164 Å². The molecule has 0 atom stereocenters. The number of para-hydroxylation sites is 1. The third-order valence-electron chi connectivity index (χ3n) is 8.82. The highest BCUT2D eigenvalue weighted by Crippen LogP contribution is 2.42. The number of hydrogen-bond acceptors (Lipinski definition) is 2. The number of benzene rings is 8. The summed E-state index contributed by atoms with van der Waals surface area (Å²) in [5, 5.41) is 10.4. The van der Waals surface area contributed by atoms with Gasteiger partial charge in [0, 0.05) is 37.2 Å². The number of rotatable bonds is 4. The van der Waals surface area contributed by atoms with Gasteiger partial charge in [-0.05, 0) is 92.0 Å². The van der Waals surface area contributed by atoms with E-state index in [9.17, 15) is 0 Å². The molecule has 206 valence electrons. The third kappa shape index (κ3) is 4.00. The van der Waals surface area contributed by atoms with Crippen LogP contribution in [0.1, 0.15) is 0 Å². The molecule has 0 radical (unpaired) electrons. The minimum Gasteiger partial charge on any atom is -0.310 e. The van der Waals surface area contributed by atoms with Gasteiger partial charge in [0.2, 0.25) is 0 Å². The Bertz CT molecular complexity index is 2490. The van der Waals surface area contributed by atoms with Gasteiger partial charge < -0.3 is 4.90 Å². The Morgan fingerprint density at radius 3 is 1.82 bits per heavy atom. The number of hydrogen-bond donors (Lipinski definition) is 0. The lowest BCUT2D eigenvalue weighted by Gasteiger charge is -2.26. The molecule has 0 saturated carbocycles. The Hall–Kier alpha value is -5.44. The fourth-order valence-corrected chi connectivity index (χ4v) is 7.98. The van der Waals surface area contributed by atoms with Crippen molar-refractivity contribution in [1.82, 2.24) is 0 Å². The molecule has 9 aromatic rings. The van der Waals surface area contributed by atoms with Gasteiger partial charge in [-0.25, -0.2) is 0 Å². The van der Waals surface area contributed by atoms with E-state index in [0.717, 1.165) is 17.1 Å². The lowest BCUT2D eigenvalue weighted by atomic mass is 9.93. The zero-order valence-electron chi connectivity index (χ0n) is 23.9. The molecule has 0 bridgehead atoms. The summed E-state index contributed by atoms with van der Waals surface area (Å²) in [6, 6.07) is 59.6. The monoisotopic (exact) mass is 577 g/mol.